The largest absolute Gasteiger partial charge is 0.472 e. The van der Waals surface area contributed by atoms with E-state index in [9.17, 15) is 19.0 Å². The minimum absolute atomic E-state index is 0.0345. The number of nitrogens with zero attached hydrogens (tertiary/aromatic N) is 1. The van der Waals surface area contributed by atoms with Crippen LogP contribution in [-0.2, 0) is 32.7 Å². The maximum Gasteiger partial charge on any atom is 0.472 e. The first-order valence-corrected chi connectivity index (χ1v) is 35.9. The molecule has 0 radical (unpaired) electrons. The van der Waals surface area contributed by atoms with Gasteiger partial charge in [-0.05, 0) is 51.4 Å². The molecule has 1 N–H and O–H groups in total. The molecule has 0 spiro atoms. The Morgan fingerprint density at radius 2 is 0.713 bits per heavy atom. The van der Waals surface area contributed by atoms with Crippen LogP contribution in [0, 0.1) is 0 Å². The van der Waals surface area contributed by atoms with Gasteiger partial charge in [-0.1, -0.05) is 319 Å². The Balaban J connectivity index is 3.99. The van der Waals surface area contributed by atoms with Gasteiger partial charge in [-0.15, -0.1) is 0 Å². The van der Waals surface area contributed by atoms with E-state index in [1.54, 1.807) is 0 Å². The van der Waals surface area contributed by atoms with E-state index in [0.717, 1.165) is 57.8 Å². The van der Waals surface area contributed by atoms with Gasteiger partial charge in [0.2, 0.25) is 0 Å². The number of rotatable bonds is 64. The van der Waals surface area contributed by atoms with Gasteiger partial charge in [0, 0.05) is 12.8 Å². The Morgan fingerprint density at radius 3 is 1.06 bits per heavy atom. The lowest BCUT2D eigenvalue weighted by atomic mass is 10.0. The number of hydrogen-bond donors (Lipinski definition) is 1. The summed E-state index contributed by atoms with van der Waals surface area (Å²) in [6.45, 7) is 4.39. The Labute approximate surface area is 496 Å². The first-order valence-electron chi connectivity index (χ1n) is 34.4. The number of carbonyl (C=O) groups excluding carboxylic acids is 2. The van der Waals surface area contributed by atoms with Crippen LogP contribution in [-0.4, -0.2) is 74.9 Å². The van der Waals surface area contributed by atoms with Gasteiger partial charge in [0.25, 0.3) is 0 Å². The number of phosphoric ester groups is 1. The van der Waals surface area contributed by atoms with Crippen molar-refractivity contribution in [2.24, 2.45) is 0 Å². The molecule has 10 heteroatoms. The zero-order valence-corrected chi connectivity index (χ0v) is 54.5. The van der Waals surface area contributed by atoms with Crippen molar-refractivity contribution in [3.63, 3.8) is 0 Å². The third kappa shape index (κ3) is 65.1. The Morgan fingerprint density at radius 1 is 0.400 bits per heavy atom. The number of hydrogen-bond acceptors (Lipinski definition) is 7. The van der Waals surface area contributed by atoms with Gasteiger partial charge in [0.15, 0.2) is 6.10 Å². The second-order valence-corrected chi connectivity index (χ2v) is 26.0. The molecular formula is C70H133NO8P+. The van der Waals surface area contributed by atoms with Crippen LogP contribution in [0.1, 0.15) is 335 Å². The van der Waals surface area contributed by atoms with Crippen LogP contribution in [0.25, 0.3) is 0 Å². The number of esters is 2. The lowest BCUT2D eigenvalue weighted by Gasteiger charge is -2.24. The van der Waals surface area contributed by atoms with E-state index >= 15 is 0 Å². The minimum Gasteiger partial charge on any atom is -0.462 e. The second kappa shape index (κ2) is 61.5. The van der Waals surface area contributed by atoms with Gasteiger partial charge in [-0.2, -0.15) is 0 Å². The summed E-state index contributed by atoms with van der Waals surface area (Å²) in [6, 6.07) is 0. The molecule has 470 valence electrons. The topological polar surface area (TPSA) is 108 Å². The van der Waals surface area contributed by atoms with Gasteiger partial charge in [0.05, 0.1) is 27.7 Å². The summed E-state index contributed by atoms with van der Waals surface area (Å²) in [6.07, 6.45) is 79.3. The summed E-state index contributed by atoms with van der Waals surface area (Å²) >= 11 is 0. The summed E-state index contributed by atoms with van der Waals surface area (Å²) in [7, 11) is 1.50. The van der Waals surface area contributed by atoms with E-state index in [1.807, 2.05) is 21.1 Å². The number of ether oxygens (including phenoxy) is 2. The highest BCUT2D eigenvalue weighted by atomic mass is 31.2. The predicted molar refractivity (Wildman–Crippen MR) is 344 cm³/mol. The van der Waals surface area contributed by atoms with Crippen molar-refractivity contribution in [1.82, 2.24) is 0 Å². The van der Waals surface area contributed by atoms with Crippen molar-refractivity contribution >= 4 is 19.8 Å². The molecule has 0 amide bonds. The fourth-order valence-electron chi connectivity index (χ4n) is 10.1. The van der Waals surface area contributed by atoms with Crippen molar-refractivity contribution in [2.75, 3.05) is 47.5 Å². The molecule has 0 aromatic heterocycles. The Bertz CT molecular complexity index is 1490. The van der Waals surface area contributed by atoms with Crippen LogP contribution in [0.4, 0.5) is 0 Å². The third-order valence-corrected chi connectivity index (χ3v) is 16.4. The molecule has 2 unspecified atom stereocenters. The average Bonchev–Trinajstić information content (AvgIpc) is 3.42. The molecule has 0 aromatic rings. The van der Waals surface area contributed by atoms with Crippen LogP contribution < -0.4 is 0 Å². The summed E-state index contributed by atoms with van der Waals surface area (Å²) < 4.78 is 34.7. The lowest BCUT2D eigenvalue weighted by Crippen LogP contribution is -2.37. The van der Waals surface area contributed by atoms with Crippen LogP contribution >= 0.6 is 7.82 Å². The lowest BCUT2D eigenvalue weighted by molar-refractivity contribution is -0.870. The van der Waals surface area contributed by atoms with Gasteiger partial charge < -0.3 is 18.9 Å². The molecule has 0 aromatic carbocycles. The fourth-order valence-corrected chi connectivity index (χ4v) is 10.9. The van der Waals surface area contributed by atoms with Crippen LogP contribution in [0.3, 0.4) is 0 Å². The van der Waals surface area contributed by atoms with Gasteiger partial charge >= 0.3 is 19.8 Å². The highest BCUT2D eigenvalue weighted by Crippen LogP contribution is 2.43. The van der Waals surface area contributed by atoms with Gasteiger partial charge in [-0.3, -0.25) is 18.6 Å². The van der Waals surface area contributed by atoms with E-state index < -0.39 is 26.5 Å². The monoisotopic (exact) mass is 1150 g/mol. The van der Waals surface area contributed by atoms with E-state index in [2.05, 4.69) is 62.5 Å². The fraction of sp³-hybridized carbons (Fsp3) is 0.857. The minimum atomic E-state index is -4.39. The number of allylic oxidation sites excluding steroid dienone is 8. The van der Waals surface area contributed by atoms with E-state index in [-0.39, 0.29) is 25.6 Å². The quantitative estimate of drug-likeness (QED) is 0.0211. The molecule has 0 aliphatic rings. The maximum absolute atomic E-state index is 12.9. The summed E-state index contributed by atoms with van der Waals surface area (Å²) in [5.41, 5.74) is 0. The van der Waals surface area contributed by atoms with E-state index in [0.29, 0.717) is 23.9 Å². The molecule has 0 saturated carbocycles. The molecule has 0 bridgehead atoms. The molecule has 0 rings (SSSR count). The zero-order chi connectivity index (χ0) is 58.4. The zero-order valence-electron chi connectivity index (χ0n) is 53.6. The second-order valence-electron chi connectivity index (χ2n) is 24.5. The highest BCUT2D eigenvalue weighted by Gasteiger charge is 2.27. The van der Waals surface area contributed by atoms with Crippen molar-refractivity contribution in [3.05, 3.63) is 48.6 Å². The highest BCUT2D eigenvalue weighted by molar-refractivity contribution is 7.47. The van der Waals surface area contributed by atoms with Crippen molar-refractivity contribution in [2.45, 2.75) is 341 Å². The number of unbranched alkanes of at least 4 members (excludes halogenated alkanes) is 42. The number of likely N-dealkylation sites (N-methyl/N-ethyl adjacent to an activating group) is 1. The van der Waals surface area contributed by atoms with Crippen molar-refractivity contribution in [3.8, 4) is 0 Å². The first kappa shape index (κ1) is 78.0. The van der Waals surface area contributed by atoms with Gasteiger partial charge in [-0.25, -0.2) is 4.57 Å². The summed E-state index contributed by atoms with van der Waals surface area (Å²) in [4.78, 5) is 35.8. The summed E-state index contributed by atoms with van der Waals surface area (Å²) in [5.74, 6) is -0.776. The van der Waals surface area contributed by atoms with Crippen molar-refractivity contribution < 1.29 is 42.1 Å². The van der Waals surface area contributed by atoms with Crippen LogP contribution in [0.2, 0.25) is 0 Å². The maximum atomic E-state index is 12.9. The number of phosphoric acid groups is 1. The molecule has 80 heavy (non-hydrogen) atoms. The number of carbonyl (C=O) groups is 2. The molecular weight excluding hydrogens is 1010 g/mol. The number of quaternary nitrogens is 1. The van der Waals surface area contributed by atoms with Gasteiger partial charge in [0.1, 0.15) is 19.8 Å². The standard InChI is InChI=1S/C70H132NO8P/c1-6-8-10-12-14-16-18-20-22-24-26-28-30-31-32-33-34-35-36-37-38-39-41-43-45-47-49-51-53-55-57-59-61-63-70(73)79-68(67-78-80(74,75)77-65-64-71(3,4)5)66-76-69(72)62-60-58-56-54-52-50-48-46-44-42-40-29-27-25-23-21-19-17-15-13-11-9-7-2/h8,10,14,16,20,22,26,28,68H,6-7,9,11-13,15,17-19,21,23-25,27,29-67H2,1-5H3/p+1/b10-8-,16-14-,22-20-,28-26-. The normalized spacial score (nSPS) is 13.4. The molecule has 2 atom stereocenters. The Hall–Kier alpha value is -2.03. The molecule has 0 heterocycles. The van der Waals surface area contributed by atoms with E-state index in [4.69, 9.17) is 18.5 Å². The molecule has 0 aliphatic carbocycles. The molecule has 0 aliphatic heterocycles. The van der Waals surface area contributed by atoms with Crippen LogP contribution in [0.15, 0.2) is 48.6 Å². The molecule has 0 saturated heterocycles. The average molecular weight is 1150 g/mol. The SMILES string of the molecule is CC/C=C\C/C=C\C/C=C\C/C=C\CCCCCCCCCCCCCCCCCCCCCCC(=O)OC(COC(=O)CCCCCCCCCCCCCCCCCCCCCCCCC)COP(=O)(O)OCC[N+](C)(C)C. The predicted octanol–water partition coefficient (Wildman–Crippen LogP) is 22.1. The Kier molecular flexibility index (Phi) is 60.0. The third-order valence-electron chi connectivity index (χ3n) is 15.4. The first-order chi connectivity index (χ1) is 39.0. The van der Waals surface area contributed by atoms with Crippen molar-refractivity contribution in [1.29, 1.82) is 0 Å². The summed E-state index contributed by atoms with van der Waals surface area (Å²) in [5, 5.41) is 0. The smallest absolute Gasteiger partial charge is 0.462 e. The van der Waals surface area contributed by atoms with E-state index in [1.165, 1.54) is 244 Å². The molecule has 9 nitrogen and oxygen atoms in total. The molecule has 0 fully saturated rings. The van der Waals surface area contributed by atoms with Crippen LogP contribution in [0.5, 0.6) is 0 Å².